The number of rotatable bonds is 7. The van der Waals surface area contributed by atoms with E-state index in [1.54, 1.807) is 56.5 Å². The third-order valence-electron chi connectivity index (χ3n) is 4.06. The zero-order chi connectivity index (χ0) is 18.4. The van der Waals surface area contributed by atoms with E-state index in [0.29, 0.717) is 22.8 Å². The van der Waals surface area contributed by atoms with E-state index in [1.165, 1.54) is 0 Å². The summed E-state index contributed by atoms with van der Waals surface area (Å²) in [7, 11) is 1.57. The van der Waals surface area contributed by atoms with Gasteiger partial charge in [0.1, 0.15) is 0 Å². The molecule has 2 N–H and O–H groups in total. The fraction of sp³-hybridized carbons (Fsp3) is 0.263. The van der Waals surface area contributed by atoms with Crippen LogP contribution in [-0.2, 0) is 21.7 Å². The fourth-order valence-electron chi connectivity index (χ4n) is 2.66. The van der Waals surface area contributed by atoms with E-state index >= 15 is 0 Å². The van der Waals surface area contributed by atoms with Crippen molar-refractivity contribution in [2.24, 2.45) is 0 Å². The number of carboxylic acids is 1. The van der Waals surface area contributed by atoms with Gasteiger partial charge in [0.05, 0.1) is 6.61 Å². The standard InChI is InChI=1S/C19H20ClNO4/c1-3-19(18(23)24,15-7-9-16(20)10-8-15)21-17(22)14-6-4-5-13(11-14)12-25-2/h4-11H,3,12H2,1-2H3,(H,21,22)(H,23,24). The molecule has 0 bridgehead atoms. The molecule has 0 heterocycles. The normalized spacial score (nSPS) is 13.1. The first-order chi connectivity index (χ1) is 11.9. The molecule has 1 amide bonds. The molecule has 0 saturated heterocycles. The average molecular weight is 362 g/mol. The summed E-state index contributed by atoms with van der Waals surface area (Å²) in [5.41, 5.74) is 0.147. The number of nitrogens with one attached hydrogen (secondary N) is 1. The van der Waals surface area contributed by atoms with Crippen LogP contribution in [0.15, 0.2) is 48.5 Å². The third kappa shape index (κ3) is 4.18. The Bertz CT molecular complexity index is 760. The molecule has 1 unspecified atom stereocenters. The number of carbonyl (C=O) groups excluding carboxylic acids is 1. The van der Waals surface area contributed by atoms with Crippen molar-refractivity contribution in [2.75, 3.05) is 7.11 Å². The predicted octanol–water partition coefficient (Wildman–Crippen LogP) is 3.61. The molecule has 0 radical (unpaired) electrons. The number of hydrogen-bond acceptors (Lipinski definition) is 3. The van der Waals surface area contributed by atoms with Crippen LogP contribution in [0.5, 0.6) is 0 Å². The molecule has 0 saturated carbocycles. The van der Waals surface area contributed by atoms with Gasteiger partial charge in [0.15, 0.2) is 5.54 Å². The average Bonchev–Trinajstić information content (AvgIpc) is 2.60. The minimum atomic E-state index is -1.53. The van der Waals surface area contributed by atoms with Gasteiger partial charge in [-0.25, -0.2) is 4.79 Å². The quantitative estimate of drug-likeness (QED) is 0.790. The van der Waals surface area contributed by atoms with E-state index < -0.39 is 17.4 Å². The van der Waals surface area contributed by atoms with Gasteiger partial charge in [-0.05, 0) is 41.8 Å². The number of hydrogen-bond donors (Lipinski definition) is 2. The molecule has 132 valence electrons. The van der Waals surface area contributed by atoms with Crippen LogP contribution in [0, 0.1) is 0 Å². The highest BCUT2D eigenvalue weighted by Gasteiger charge is 2.40. The molecular weight excluding hydrogens is 342 g/mol. The second-order valence-electron chi connectivity index (χ2n) is 5.66. The molecule has 0 aliphatic rings. The third-order valence-corrected chi connectivity index (χ3v) is 4.31. The van der Waals surface area contributed by atoms with Crippen LogP contribution in [0.1, 0.15) is 34.8 Å². The molecule has 0 aliphatic carbocycles. The number of methoxy groups -OCH3 is 1. The Hall–Kier alpha value is -2.37. The van der Waals surface area contributed by atoms with Gasteiger partial charge in [-0.1, -0.05) is 42.8 Å². The van der Waals surface area contributed by atoms with Gasteiger partial charge in [-0.15, -0.1) is 0 Å². The van der Waals surface area contributed by atoms with E-state index in [4.69, 9.17) is 16.3 Å². The molecule has 5 nitrogen and oxygen atoms in total. The van der Waals surface area contributed by atoms with Crippen LogP contribution in [-0.4, -0.2) is 24.1 Å². The maximum atomic E-state index is 12.7. The van der Waals surface area contributed by atoms with Crippen molar-refractivity contribution in [1.29, 1.82) is 0 Å². The Morgan fingerprint density at radius 3 is 2.44 bits per heavy atom. The van der Waals surface area contributed by atoms with Crippen molar-refractivity contribution in [2.45, 2.75) is 25.5 Å². The maximum absolute atomic E-state index is 12.7. The highest BCUT2D eigenvalue weighted by Crippen LogP contribution is 2.27. The lowest BCUT2D eigenvalue weighted by molar-refractivity contribution is -0.145. The number of benzene rings is 2. The van der Waals surface area contributed by atoms with Crippen LogP contribution in [0.25, 0.3) is 0 Å². The SMILES string of the molecule is CCC(NC(=O)c1cccc(COC)c1)(C(=O)O)c1ccc(Cl)cc1. The Morgan fingerprint density at radius 1 is 1.20 bits per heavy atom. The Balaban J connectivity index is 2.37. The minimum absolute atomic E-state index is 0.188. The van der Waals surface area contributed by atoms with E-state index in [2.05, 4.69) is 5.32 Å². The lowest BCUT2D eigenvalue weighted by atomic mass is 9.86. The highest BCUT2D eigenvalue weighted by atomic mass is 35.5. The Kier molecular flexibility index (Phi) is 6.17. The van der Waals surface area contributed by atoms with E-state index in [-0.39, 0.29) is 6.42 Å². The summed E-state index contributed by atoms with van der Waals surface area (Å²) < 4.78 is 5.07. The fourth-order valence-corrected chi connectivity index (χ4v) is 2.79. The summed E-state index contributed by atoms with van der Waals surface area (Å²) >= 11 is 5.89. The number of carboxylic acid groups (broad SMARTS) is 1. The van der Waals surface area contributed by atoms with Gasteiger partial charge in [0.25, 0.3) is 5.91 Å². The lowest BCUT2D eigenvalue weighted by Gasteiger charge is -2.30. The molecule has 6 heteroatoms. The number of ether oxygens (including phenoxy) is 1. The van der Waals surface area contributed by atoms with Crippen molar-refractivity contribution >= 4 is 23.5 Å². The molecule has 0 fully saturated rings. The van der Waals surface area contributed by atoms with Crippen LogP contribution in [0.2, 0.25) is 5.02 Å². The molecule has 2 rings (SSSR count). The number of aliphatic carboxylic acids is 1. The molecule has 2 aromatic rings. The van der Waals surface area contributed by atoms with E-state index in [0.717, 1.165) is 5.56 Å². The van der Waals surface area contributed by atoms with Gasteiger partial charge >= 0.3 is 5.97 Å². The largest absolute Gasteiger partial charge is 0.479 e. The zero-order valence-electron chi connectivity index (χ0n) is 14.1. The van der Waals surface area contributed by atoms with Crippen molar-refractivity contribution in [1.82, 2.24) is 5.32 Å². The summed E-state index contributed by atoms with van der Waals surface area (Å²) in [5.74, 6) is -1.59. The van der Waals surface area contributed by atoms with Gasteiger partial charge in [-0.2, -0.15) is 0 Å². The van der Waals surface area contributed by atoms with Gasteiger partial charge in [0, 0.05) is 17.7 Å². The molecule has 0 aromatic heterocycles. The van der Waals surface area contributed by atoms with Crippen molar-refractivity contribution < 1.29 is 19.4 Å². The molecule has 2 aromatic carbocycles. The highest BCUT2D eigenvalue weighted by molar-refractivity contribution is 6.30. The molecule has 1 atom stereocenters. The van der Waals surface area contributed by atoms with Crippen molar-refractivity contribution in [3.05, 3.63) is 70.2 Å². The van der Waals surface area contributed by atoms with Crippen LogP contribution < -0.4 is 5.32 Å². The topological polar surface area (TPSA) is 75.6 Å². The van der Waals surface area contributed by atoms with Gasteiger partial charge in [-0.3, -0.25) is 4.79 Å². The predicted molar refractivity (Wildman–Crippen MR) is 95.7 cm³/mol. The van der Waals surface area contributed by atoms with Gasteiger partial charge < -0.3 is 15.2 Å². The van der Waals surface area contributed by atoms with Crippen LogP contribution in [0.3, 0.4) is 0 Å². The number of amides is 1. The van der Waals surface area contributed by atoms with Gasteiger partial charge in [0.2, 0.25) is 0 Å². The molecule has 0 aliphatic heterocycles. The van der Waals surface area contributed by atoms with Crippen LogP contribution >= 0.6 is 11.6 Å². The smallest absolute Gasteiger partial charge is 0.334 e. The number of carbonyl (C=O) groups is 2. The van der Waals surface area contributed by atoms with E-state index in [1.807, 2.05) is 6.07 Å². The first-order valence-corrected chi connectivity index (χ1v) is 8.20. The Labute approximate surface area is 151 Å². The first-order valence-electron chi connectivity index (χ1n) is 7.82. The Morgan fingerprint density at radius 2 is 1.88 bits per heavy atom. The first kappa shape index (κ1) is 19.0. The summed E-state index contributed by atoms with van der Waals surface area (Å²) in [6, 6.07) is 13.3. The molecule has 25 heavy (non-hydrogen) atoms. The summed E-state index contributed by atoms with van der Waals surface area (Å²) in [4.78, 5) is 24.7. The summed E-state index contributed by atoms with van der Waals surface area (Å²) in [6.07, 6.45) is 0.188. The maximum Gasteiger partial charge on any atom is 0.334 e. The van der Waals surface area contributed by atoms with E-state index in [9.17, 15) is 14.7 Å². The monoisotopic (exact) mass is 361 g/mol. The van der Waals surface area contributed by atoms with Crippen molar-refractivity contribution in [3.63, 3.8) is 0 Å². The van der Waals surface area contributed by atoms with Crippen molar-refractivity contribution in [3.8, 4) is 0 Å². The van der Waals surface area contributed by atoms with Crippen LogP contribution in [0.4, 0.5) is 0 Å². The zero-order valence-corrected chi connectivity index (χ0v) is 14.8. The second-order valence-corrected chi connectivity index (χ2v) is 6.09. The molecular formula is C19H20ClNO4. The molecule has 0 spiro atoms. The summed E-state index contributed by atoms with van der Waals surface area (Å²) in [5, 5.41) is 13.0. The minimum Gasteiger partial charge on any atom is -0.479 e. The second kappa shape index (κ2) is 8.14. The summed E-state index contributed by atoms with van der Waals surface area (Å²) in [6.45, 7) is 2.08. The lowest BCUT2D eigenvalue weighted by Crippen LogP contribution is -2.51. The number of halogens is 1.